The van der Waals surface area contributed by atoms with Gasteiger partial charge in [0.1, 0.15) is 6.61 Å². The van der Waals surface area contributed by atoms with Crippen molar-refractivity contribution < 1.29 is 9.53 Å². The van der Waals surface area contributed by atoms with E-state index in [2.05, 4.69) is 13.8 Å². The Morgan fingerprint density at radius 2 is 2.00 bits per heavy atom. The number of aryl methyl sites for hydroxylation is 1. The summed E-state index contributed by atoms with van der Waals surface area (Å²) in [7, 11) is 1.98. The van der Waals surface area contributed by atoms with E-state index in [9.17, 15) is 4.79 Å². The van der Waals surface area contributed by atoms with Gasteiger partial charge in [-0.25, -0.2) is 0 Å². The minimum absolute atomic E-state index is 0.0895. The predicted octanol–water partition coefficient (Wildman–Crippen LogP) is 4.20. The number of nitrogens with zero attached hydrogens (tertiary/aromatic N) is 1. The summed E-state index contributed by atoms with van der Waals surface area (Å²) in [6.45, 7) is 8.46. The van der Waals surface area contributed by atoms with Crippen LogP contribution in [0.1, 0.15) is 67.7 Å². The Bertz CT molecular complexity index is 434. The molecule has 0 bridgehead atoms. The van der Waals surface area contributed by atoms with Crippen LogP contribution < -0.4 is 0 Å². The Hall–Kier alpha value is -1.09. The van der Waals surface area contributed by atoms with Crippen molar-refractivity contribution in [1.82, 2.24) is 4.57 Å². The molecule has 0 aliphatic heterocycles. The van der Waals surface area contributed by atoms with Crippen LogP contribution in [-0.4, -0.2) is 23.1 Å². The Labute approximate surface area is 123 Å². The maximum absolute atomic E-state index is 12.2. The fourth-order valence-electron chi connectivity index (χ4n) is 2.38. The van der Waals surface area contributed by atoms with Crippen LogP contribution in [-0.2, 0) is 11.8 Å². The average Bonchev–Trinajstić information content (AvgIpc) is 2.69. The molecule has 0 radical (unpaired) electrons. The minimum Gasteiger partial charge on any atom is -0.370 e. The normalized spacial score (nSPS) is 12.7. The van der Waals surface area contributed by atoms with Crippen LogP contribution in [0.2, 0.25) is 0 Å². The van der Waals surface area contributed by atoms with Crippen LogP contribution in [0.3, 0.4) is 0 Å². The highest BCUT2D eigenvalue weighted by atomic mass is 16.5. The molecular formula is C17H29NO2. The first-order valence-electron chi connectivity index (χ1n) is 7.75. The average molecular weight is 279 g/mol. The number of rotatable bonds is 9. The molecule has 0 aliphatic carbocycles. The molecule has 1 aromatic heterocycles. The second kappa shape index (κ2) is 8.25. The van der Waals surface area contributed by atoms with Crippen molar-refractivity contribution in [2.24, 2.45) is 7.05 Å². The van der Waals surface area contributed by atoms with Crippen molar-refractivity contribution in [3.05, 3.63) is 23.0 Å². The first-order chi connectivity index (χ1) is 9.47. The predicted molar refractivity (Wildman–Crippen MR) is 83.4 cm³/mol. The molecule has 0 saturated carbocycles. The summed E-state index contributed by atoms with van der Waals surface area (Å²) in [6.07, 6.45) is 6.19. The largest absolute Gasteiger partial charge is 0.370 e. The second-order valence-corrected chi connectivity index (χ2v) is 5.74. The van der Waals surface area contributed by atoms with E-state index in [1.807, 2.05) is 31.5 Å². The van der Waals surface area contributed by atoms with Crippen LogP contribution in [0.5, 0.6) is 0 Å². The number of ether oxygens (including phenoxy) is 1. The van der Waals surface area contributed by atoms with Gasteiger partial charge in [-0.3, -0.25) is 4.79 Å². The number of ketones is 1. The van der Waals surface area contributed by atoms with E-state index in [1.54, 1.807) is 0 Å². The number of carbonyl (C=O) groups excluding carboxylic acids is 1. The fraction of sp³-hybridized carbons (Fsp3) is 0.706. The molecule has 0 aliphatic rings. The van der Waals surface area contributed by atoms with Gasteiger partial charge in [0, 0.05) is 24.0 Å². The molecular weight excluding hydrogens is 250 g/mol. The van der Waals surface area contributed by atoms with Gasteiger partial charge in [0.05, 0.1) is 6.10 Å². The van der Waals surface area contributed by atoms with E-state index < -0.39 is 0 Å². The Morgan fingerprint density at radius 1 is 1.30 bits per heavy atom. The van der Waals surface area contributed by atoms with Gasteiger partial charge < -0.3 is 9.30 Å². The summed E-state index contributed by atoms with van der Waals surface area (Å²) < 4.78 is 7.73. The molecule has 0 N–H and O–H groups in total. The number of hydrogen-bond acceptors (Lipinski definition) is 2. The summed E-state index contributed by atoms with van der Waals surface area (Å²) in [5.74, 6) is 0.0895. The number of hydrogen-bond donors (Lipinski definition) is 0. The van der Waals surface area contributed by atoms with Crippen molar-refractivity contribution in [2.45, 2.75) is 65.9 Å². The van der Waals surface area contributed by atoms with Gasteiger partial charge in [-0.15, -0.1) is 0 Å². The van der Waals surface area contributed by atoms with E-state index in [1.165, 1.54) is 25.7 Å². The number of aromatic nitrogens is 1. The lowest BCUT2D eigenvalue weighted by atomic mass is 10.1. The topological polar surface area (TPSA) is 31.2 Å². The third-order valence-corrected chi connectivity index (χ3v) is 4.04. The molecule has 1 atom stereocenters. The molecule has 1 rings (SSSR count). The summed E-state index contributed by atoms with van der Waals surface area (Å²) in [5, 5.41) is 0. The third kappa shape index (κ3) is 4.78. The summed E-state index contributed by atoms with van der Waals surface area (Å²) in [5.41, 5.74) is 2.92. The maximum atomic E-state index is 12.2. The first-order valence-corrected chi connectivity index (χ1v) is 7.75. The van der Waals surface area contributed by atoms with Gasteiger partial charge in [-0.1, -0.05) is 32.6 Å². The van der Waals surface area contributed by atoms with Gasteiger partial charge >= 0.3 is 0 Å². The minimum atomic E-state index is 0.0895. The monoisotopic (exact) mass is 279 g/mol. The summed E-state index contributed by atoms with van der Waals surface area (Å²) in [4.78, 5) is 12.2. The fourth-order valence-corrected chi connectivity index (χ4v) is 2.38. The van der Waals surface area contributed by atoms with Crippen molar-refractivity contribution >= 4 is 5.78 Å². The molecule has 0 fully saturated rings. The van der Waals surface area contributed by atoms with Crippen LogP contribution in [0, 0.1) is 13.8 Å². The van der Waals surface area contributed by atoms with Gasteiger partial charge in [0.15, 0.2) is 5.78 Å². The van der Waals surface area contributed by atoms with Crippen molar-refractivity contribution in [3.8, 4) is 0 Å². The van der Waals surface area contributed by atoms with Gasteiger partial charge in [0.25, 0.3) is 0 Å². The van der Waals surface area contributed by atoms with Crippen molar-refractivity contribution in [2.75, 3.05) is 6.61 Å². The molecule has 20 heavy (non-hydrogen) atoms. The molecule has 1 unspecified atom stereocenters. The van der Waals surface area contributed by atoms with E-state index in [0.717, 1.165) is 23.4 Å². The lowest BCUT2D eigenvalue weighted by molar-refractivity contribution is 0.0482. The van der Waals surface area contributed by atoms with Crippen LogP contribution in [0.15, 0.2) is 6.07 Å². The van der Waals surface area contributed by atoms with Crippen LogP contribution in [0.25, 0.3) is 0 Å². The summed E-state index contributed by atoms with van der Waals surface area (Å²) >= 11 is 0. The zero-order chi connectivity index (χ0) is 15.1. The van der Waals surface area contributed by atoms with Gasteiger partial charge in [-0.05, 0) is 33.3 Å². The smallest absolute Gasteiger partial charge is 0.190 e. The van der Waals surface area contributed by atoms with E-state index in [-0.39, 0.29) is 18.5 Å². The highest BCUT2D eigenvalue weighted by molar-refractivity contribution is 5.98. The van der Waals surface area contributed by atoms with E-state index in [4.69, 9.17) is 4.74 Å². The quantitative estimate of drug-likeness (QED) is 0.501. The van der Waals surface area contributed by atoms with Crippen molar-refractivity contribution in [3.63, 3.8) is 0 Å². The van der Waals surface area contributed by atoms with Crippen LogP contribution in [0.4, 0.5) is 0 Å². The molecule has 0 spiro atoms. The Kier molecular flexibility index (Phi) is 7.00. The maximum Gasteiger partial charge on any atom is 0.190 e. The molecule has 0 amide bonds. The zero-order valence-corrected chi connectivity index (χ0v) is 13.7. The van der Waals surface area contributed by atoms with E-state index >= 15 is 0 Å². The highest BCUT2D eigenvalue weighted by Gasteiger charge is 2.15. The molecule has 0 saturated heterocycles. The summed E-state index contributed by atoms with van der Waals surface area (Å²) in [6, 6.07) is 1.95. The second-order valence-electron chi connectivity index (χ2n) is 5.74. The standard InChI is InChI=1S/C17H29NO2/c1-6-7-8-9-10-14(3)20-12-17(19)16-11-13(2)18(5)15(16)4/h11,14H,6-10,12H2,1-5H3. The lowest BCUT2D eigenvalue weighted by Crippen LogP contribution is -2.16. The third-order valence-electron chi connectivity index (χ3n) is 4.04. The van der Waals surface area contributed by atoms with Crippen LogP contribution >= 0.6 is 0 Å². The highest BCUT2D eigenvalue weighted by Crippen LogP contribution is 2.15. The molecule has 3 nitrogen and oxygen atoms in total. The molecule has 114 valence electrons. The molecule has 1 heterocycles. The van der Waals surface area contributed by atoms with Gasteiger partial charge in [0.2, 0.25) is 0 Å². The molecule has 0 aromatic carbocycles. The number of carbonyl (C=O) groups is 1. The van der Waals surface area contributed by atoms with Gasteiger partial charge in [-0.2, -0.15) is 0 Å². The number of Topliss-reactive ketones (excluding diaryl/α,β-unsaturated/α-hetero) is 1. The molecule has 1 aromatic rings. The first kappa shape index (κ1) is 17.0. The number of unbranched alkanes of at least 4 members (excludes halogenated alkanes) is 3. The SMILES string of the molecule is CCCCCCC(C)OCC(=O)c1cc(C)n(C)c1C. The Balaban J connectivity index is 2.37. The Morgan fingerprint density at radius 3 is 2.55 bits per heavy atom. The van der Waals surface area contributed by atoms with Crippen molar-refractivity contribution in [1.29, 1.82) is 0 Å². The lowest BCUT2D eigenvalue weighted by Gasteiger charge is -2.12. The molecule has 3 heteroatoms. The van der Waals surface area contributed by atoms with E-state index in [0.29, 0.717) is 0 Å². The zero-order valence-electron chi connectivity index (χ0n) is 13.7.